The summed E-state index contributed by atoms with van der Waals surface area (Å²) in [6.07, 6.45) is 2.60. The van der Waals surface area contributed by atoms with Crippen LogP contribution < -0.4 is 5.32 Å². The van der Waals surface area contributed by atoms with Gasteiger partial charge >= 0.3 is 6.09 Å². The van der Waals surface area contributed by atoms with Gasteiger partial charge in [-0.05, 0) is 42.3 Å². The summed E-state index contributed by atoms with van der Waals surface area (Å²) in [6, 6.07) is 14.8. The molecule has 0 saturated carbocycles. The van der Waals surface area contributed by atoms with E-state index in [1.807, 2.05) is 47.5 Å². The number of aromatic amines is 1. The molecule has 5 rings (SSSR count). The molecule has 1 amide bonds. The van der Waals surface area contributed by atoms with E-state index in [0.717, 1.165) is 35.0 Å². The van der Waals surface area contributed by atoms with Gasteiger partial charge in [0.15, 0.2) is 0 Å². The first kappa shape index (κ1) is 17.3. The number of fused-ring (bicyclic) bond motifs is 2. The van der Waals surface area contributed by atoms with Gasteiger partial charge < -0.3 is 19.9 Å². The Kier molecular flexibility index (Phi) is 4.28. The molecule has 0 bridgehead atoms. The number of amides is 1. The fourth-order valence-electron chi connectivity index (χ4n) is 4.67. The SMILES string of the molecule is O=C(OCc1ccccc1)N1C[C@H](c2c[nH]c3cc(F)ccc23)[C@H]2NCC[C@H]21. The third-order valence-corrected chi connectivity index (χ3v) is 5.98. The van der Waals surface area contributed by atoms with Crippen LogP contribution in [0.3, 0.4) is 0 Å². The Bertz CT molecular complexity index is 1000. The van der Waals surface area contributed by atoms with Crippen molar-refractivity contribution in [1.82, 2.24) is 15.2 Å². The summed E-state index contributed by atoms with van der Waals surface area (Å²) in [5.74, 6) is -0.105. The molecule has 2 N–H and O–H groups in total. The van der Waals surface area contributed by atoms with Crippen molar-refractivity contribution in [3.63, 3.8) is 0 Å². The van der Waals surface area contributed by atoms with E-state index in [0.29, 0.717) is 6.54 Å². The molecule has 5 nitrogen and oxygen atoms in total. The quantitative estimate of drug-likeness (QED) is 0.728. The zero-order valence-corrected chi connectivity index (χ0v) is 15.4. The maximum absolute atomic E-state index is 13.5. The Morgan fingerprint density at radius 2 is 2.07 bits per heavy atom. The van der Waals surface area contributed by atoms with Gasteiger partial charge in [0.1, 0.15) is 12.4 Å². The third-order valence-electron chi connectivity index (χ3n) is 5.98. The maximum atomic E-state index is 13.5. The molecule has 3 aromatic rings. The highest BCUT2D eigenvalue weighted by molar-refractivity contribution is 5.84. The van der Waals surface area contributed by atoms with E-state index < -0.39 is 0 Å². The molecular weight excluding hydrogens is 357 g/mol. The van der Waals surface area contributed by atoms with Gasteiger partial charge in [0.25, 0.3) is 0 Å². The molecule has 2 aliphatic heterocycles. The number of ether oxygens (including phenoxy) is 1. The van der Waals surface area contributed by atoms with Crippen molar-refractivity contribution < 1.29 is 13.9 Å². The first-order valence-corrected chi connectivity index (χ1v) is 9.68. The molecule has 144 valence electrons. The number of carbonyl (C=O) groups excluding carboxylic acids is 1. The largest absolute Gasteiger partial charge is 0.445 e. The minimum Gasteiger partial charge on any atom is -0.445 e. The fourth-order valence-corrected chi connectivity index (χ4v) is 4.67. The molecule has 28 heavy (non-hydrogen) atoms. The molecule has 3 heterocycles. The lowest BCUT2D eigenvalue weighted by Crippen LogP contribution is -2.39. The lowest BCUT2D eigenvalue weighted by Gasteiger charge is -2.22. The minimum atomic E-state index is -0.268. The number of hydrogen-bond acceptors (Lipinski definition) is 3. The third kappa shape index (κ3) is 2.94. The van der Waals surface area contributed by atoms with Crippen molar-refractivity contribution in [1.29, 1.82) is 0 Å². The number of rotatable bonds is 3. The van der Waals surface area contributed by atoms with Gasteiger partial charge in [0.05, 0.1) is 6.04 Å². The first-order valence-electron chi connectivity index (χ1n) is 9.68. The van der Waals surface area contributed by atoms with Crippen LogP contribution in [0.15, 0.2) is 54.7 Å². The minimum absolute atomic E-state index is 0.124. The lowest BCUT2D eigenvalue weighted by atomic mass is 9.92. The maximum Gasteiger partial charge on any atom is 0.410 e. The van der Waals surface area contributed by atoms with Crippen LogP contribution in [0.25, 0.3) is 10.9 Å². The summed E-state index contributed by atoms with van der Waals surface area (Å²) in [5, 5.41) is 4.57. The Morgan fingerprint density at radius 3 is 2.93 bits per heavy atom. The molecular formula is C22H22FN3O2. The second-order valence-electron chi connectivity index (χ2n) is 7.57. The molecule has 2 saturated heterocycles. The zero-order chi connectivity index (χ0) is 19.1. The summed E-state index contributed by atoms with van der Waals surface area (Å²) >= 11 is 0. The number of nitrogens with one attached hydrogen (secondary N) is 2. The number of carbonyl (C=O) groups is 1. The molecule has 3 atom stereocenters. The van der Waals surface area contributed by atoms with E-state index in [1.165, 1.54) is 12.1 Å². The molecule has 2 aromatic carbocycles. The summed E-state index contributed by atoms with van der Waals surface area (Å²) in [7, 11) is 0. The van der Waals surface area contributed by atoms with Gasteiger partial charge in [-0.25, -0.2) is 9.18 Å². The number of aromatic nitrogens is 1. The molecule has 0 aliphatic carbocycles. The number of hydrogen-bond donors (Lipinski definition) is 2. The molecule has 6 heteroatoms. The van der Waals surface area contributed by atoms with E-state index in [-0.39, 0.29) is 36.5 Å². The van der Waals surface area contributed by atoms with E-state index in [1.54, 1.807) is 0 Å². The zero-order valence-electron chi connectivity index (χ0n) is 15.4. The highest BCUT2D eigenvalue weighted by Gasteiger charge is 2.48. The van der Waals surface area contributed by atoms with Crippen LogP contribution in [0.2, 0.25) is 0 Å². The lowest BCUT2D eigenvalue weighted by molar-refractivity contribution is 0.0920. The normalized spacial score (nSPS) is 23.9. The van der Waals surface area contributed by atoms with Crippen LogP contribution in [-0.2, 0) is 11.3 Å². The van der Waals surface area contributed by atoms with Crippen molar-refractivity contribution >= 4 is 17.0 Å². The Morgan fingerprint density at radius 1 is 1.21 bits per heavy atom. The summed E-state index contributed by atoms with van der Waals surface area (Å²) in [6.45, 7) is 1.75. The van der Waals surface area contributed by atoms with E-state index in [4.69, 9.17) is 4.74 Å². The molecule has 2 fully saturated rings. The molecule has 1 aromatic heterocycles. The van der Waals surface area contributed by atoms with Gasteiger partial charge in [-0.15, -0.1) is 0 Å². The number of likely N-dealkylation sites (tertiary alicyclic amines) is 1. The van der Waals surface area contributed by atoms with Crippen LogP contribution in [0, 0.1) is 5.82 Å². The monoisotopic (exact) mass is 379 g/mol. The number of halogens is 1. The summed E-state index contributed by atoms with van der Waals surface area (Å²) in [5.41, 5.74) is 2.89. The Labute approximate surface area is 162 Å². The summed E-state index contributed by atoms with van der Waals surface area (Å²) in [4.78, 5) is 17.8. The van der Waals surface area contributed by atoms with Crippen molar-refractivity contribution in [2.45, 2.75) is 31.0 Å². The number of benzene rings is 2. The summed E-state index contributed by atoms with van der Waals surface area (Å²) < 4.78 is 19.1. The van der Waals surface area contributed by atoms with Crippen LogP contribution in [0.5, 0.6) is 0 Å². The second-order valence-corrected chi connectivity index (χ2v) is 7.57. The molecule has 2 aliphatic rings. The van der Waals surface area contributed by atoms with Gasteiger partial charge in [-0.1, -0.05) is 30.3 Å². The van der Waals surface area contributed by atoms with Gasteiger partial charge in [0.2, 0.25) is 0 Å². The number of nitrogens with zero attached hydrogens (tertiary/aromatic N) is 1. The predicted octanol–water partition coefficient (Wildman–Crippen LogP) is 3.77. The fraction of sp³-hybridized carbons (Fsp3) is 0.318. The predicted molar refractivity (Wildman–Crippen MR) is 105 cm³/mol. The smallest absolute Gasteiger partial charge is 0.410 e. The Balaban J connectivity index is 1.37. The van der Waals surface area contributed by atoms with E-state index >= 15 is 0 Å². The van der Waals surface area contributed by atoms with Crippen molar-refractivity contribution in [2.24, 2.45) is 0 Å². The highest BCUT2D eigenvalue weighted by Crippen LogP contribution is 2.39. The van der Waals surface area contributed by atoms with Gasteiger partial charge in [-0.2, -0.15) is 0 Å². The highest BCUT2D eigenvalue weighted by atomic mass is 19.1. The average molecular weight is 379 g/mol. The van der Waals surface area contributed by atoms with Crippen molar-refractivity contribution in [3.05, 3.63) is 71.7 Å². The van der Waals surface area contributed by atoms with Crippen molar-refractivity contribution in [3.8, 4) is 0 Å². The number of H-pyrrole nitrogens is 1. The van der Waals surface area contributed by atoms with Crippen LogP contribution in [0.4, 0.5) is 9.18 Å². The van der Waals surface area contributed by atoms with Gasteiger partial charge in [0, 0.05) is 35.6 Å². The molecule has 0 radical (unpaired) electrons. The molecule has 0 unspecified atom stereocenters. The van der Waals surface area contributed by atoms with Crippen LogP contribution in [-0.4, -0.2) is 41.2 Å². The van der Waals surface area contributed by atoms with E-state index in [2.05, 4.69) is 10.3 Å². The van der Waals surface area contributed by atoms with Gasteiger partial charge in [-0.3, -0.25) is 0 Å². The topological polar surface area (TPSA) is 57.4 Å². The Hall–Kier alpha value is -2.86. The molecule has 0 spiro atoms. The first-order chi connectivity index (χ1) is 13.7. The average Bonchev–Trinajstić information content (AvgIpc) is 3.41. The standard InChI is InChI=1S/C22H22FN3O2/c23-15-6-7-16-17(11-25-19(16)10-15)18-12-26(20-8-9-24-21(18)20)22(27)28-13-14-4-2-1-3-5-14/h1-7,10-11,18,20-21,24-25H,8-9,12-13H2/t18-,20-,21-/m1/s1. The van der Waals surface area contributed by atoms with Crippen LogP contribution in [0.1, 0.15) is 23.5 Å². The second kappa shape index (κ2) is 6.95. The van der Waals surface area contributed by atoms with Crippen molar-refractivity contribution in [2.75, 3.05) is 13.1 Å². The van der Waals surface area contributed by atoms with E-state index in [9.17, 15) is 9.18 Å². The van der Waals surface area contributed by atoms with Crippen LogP contribution >= 0.6 is 0 Å².